The van der Waals surface area contributed by atoms with Gasteiger partial charge in [-0.3, -0.25) is 0 Å². The van der Waals surface area contributed by atoms with Crippen LogP contribution in [0.15, 0.2) is 206 Å². The number of thiophene rings is 1. The van der Waals surface area contributed by atoms with E-state index >= 15 is 0 Å². The van der Waals surface area contributed by atoms with Crippen molar-refractivity contribution < 1.29 is 0 Å². The monoisotopic (exact) mass is 827 g/mol. The fraction of sp³-hybridized carbons (Fsp3) is 0.115. The van der Waals surface area contributed by atoms with Gasteiger partial charge in [-0.15, -0.1) is 11.3 Å². The molecule has 1 aromatic heterocycles. The van der Waals surface area contributed by atoms with E-state index in [0.29, 0.717) is 0 Å². The summed E-state index contributed by atoms with van der Waals surface area (Å²) in [6.45, 7) is 11.7. The summed E-state index contributed by atoms with van der Waals surface area (Å²) >= 11 is 1.86. The summed E-state index contributed by atoms with van der Waals surface area (Å²) < 4.78 is 2.62. The van der Waals surface area contributed by atoms with Crippen LogP contribution in [0, 0.1) is 0 Å². The Hall–Kier alpha value is -7.00. The van der Waals surface area contributed by atoms with Crippen LogP contribution >= 0.6 is 11.3 Å². The largest absolute Gasteiger partial charge is 0.310 e. The summed E-state index contributed by atoms with van der Waals surface area (Å²) in [7, 11) is 0. The predicted octanol–water partition coefficient (Wildman–Crippen LogP) is 17.8. The highest BCUT2D eigenvalue weighted by Gasteiger charge is 2.39. The van der Waals surface area contributed by atoms with Crippen molar-refractivity contribution >= 4 is 48.6 Å². The Labute approximate surface area is 375 Å². The fourth-order valence-corrected chi connectivity index (χ4v) is 10.9. The summed E-state index contributed by atoms with van der Waals surface area (Å²) in [5, 5.41) is 2.59. The van der Waals surface area contributed by atoms with Crippen LogP contribution in [0.5, 0.6) is 0 Å². The predicted molar refractivity (Wildman–Crippen MR) is 272 cm³/mol. The molecule has 0 radical (unpaired) electrons. The van der Waals surface area contributed by atoms with Gasteiger partial charge in [-0.2, -0.15) is 0 Å². The molecule has 304 valence electrons. The van der Waals surface area contributed by atoms with Gasteiger partial charge in [-0.1, -0.05) is 180 Å². The number of hydrogen-bond acceptors (Lipinski definition) is 2. The first kappa shape index (κ1) is 38.9. The summed E-state index contributed by atoms with van der Waals surface area (Å²) in [5.41, 5.74) is 19.8. The second-order valence-electron chi connectivity index (χ2n) is 18.6. The fourth-order valence-electron chi connectivity index (χ4n) is 9.85. The van der Waals surface area contributed by atoms with Gasteiger partial charge in [-0.05, 0) is 138 Å². The summed E-state index contributed by atoms with van der Waals surface area (Å²) in [6.07, 6.45) is 0. The lowest BCUT2D eigenvalue weighted by Crippen LogP contribution is -2.18. The third-order valence-corrected chi connectivity index (χ3v) is 14.4. The molecule has 0 N–H and O–H groups in total. The minimum Gasteiger partial charge on any atom is -0.310 e. The van der Waals surface area contributed by atoms with Crippen molar-refractivity contribution in [3.63, 3.8) is 0 Å². The van der Waals surface area contributed by atoms with E-state index in [0.717, 1.165) is 17.1 Å². The molecule has 2 heteroatoms. The molecule has 63 heavy (non-hydrogen) atoms. The second kappa shape index (κ2) is 15.1. The van der Waals surface area contributed by atoms with Crippen LogP contribution in [0.25, 0.3) is 75.8 Å². The van der Waals surface area contributed by atoms with Crippen LogP contribution in [0.1, 0.15) is 51.3 Å². The average Bonchev–Trinajstić information content (AvgIpc) is 3.80. The SMILES string of the molecule is CC(C)(C)c1ccc(-c2cc(-c3ccccc3)cc3c2C(C)(C)c2cc(N(c4ccc(-c5ccc(-c6ccccc6)cc5)cc4)c4ccc5sc6ccccc6c5c4)ccc2-3)cc1. The molecule has 1 aliphatic rings. The van der Waals surface area contributed by atoms with Gasteiger partial charge in [0.05, 0.1) is 0 Å². The topological polar surface area (TPSA) is 3.24 Å². The smallest absolute Gasteiger partial charge is 0.0468 e. The lowest BCUT2D eigenvalue weighted by atomic mass is 9.77. The highest BCUT2D eigenvalue weighted by atomic mass is 32.1. The van der Waals surface area contributed by atoms with E-state index in [1.165, 1.54) is 92.5 Å². The van der Waals surface area contributed by atoms with E-state index in [9.17, 15) is 0 Å². The van der Waals surface area contributed by atoms with E-state index in [4.69, 9.17) is 0 Å². The molecular weight excluding hydrogens is 779 g/mol. The first-order valence-corrected chi connectivity index (χ1v) is 22.9. The molecule has 0 saturated carbocycles. The van der Waals surface area contributed by atoms with E-state index in [1.807, 2.05) is 11.3 Å². The number of rotatable bonds is 7. The quantitative estimate of drug-likeness (QED) is 0.155. The van der Waals surface area contributed by atoms with Crippen molar-refractivity contribution in [3.8, 4) is 55.6 Å². The van der Waals surface area contributed by atoms with Gasteiger partial charge < -0.3 is 4.90 Å². The zero-order valence-electron chi connectivity index (χ0n) is 36.5. The molecule has 10 aromatic rings. The Bertz CT molecular complexity index is 3290. The molecule has 0 saturated heterocycles. The Kier molecular flexibility index (Phi) is 9.33. The normalized spacial score (nSPS) is 13.0. The molecule has 11 rings (SSSR count). The van der Waals surface area contributed by atoms with Crippen molar-refractivity contribution in [3.05, 3.63) is 223 Å². The van der Waals surface area contributed by atoms with Crippen molar-refractivity contribution in [2.45, 2.75) is 45.4 Å². The zero-order chi connectivity index (χ0) is 42.9. The molecule has 9 aromatic carbocycles. The molecule has 1 heterocycles. The third-order valence-electron chi connectivity index (χ3n) is 13.2. The van der Waals surface area contributed by atoms with E-state index < -0.39 is 0 Å². The van der Waals surface area contributed by atoms with Crippen molar-refractivity contribution in [2.24, 2.45) is 0 Å². The molecule has 1 aliphatic carbocycles. The summed E-state index contributed by atoms with van der Waals surface area (Å²) in [4.78, 5) is 2.45. The number of hydrogen-bond donors (Lipinski definition) is 0. The minimum absolute atomic E-state index is 0.0830. The number of fused-ring (bicyclic) bond motifs is 6. The van der Waals surface area contributed by atoms with Crippen molar-refractivity contribution in [1.82, 2.24) is 0 Å². The van der Waals surface area contributed by atoms with Gasteiger partial charge in [0.15, 0.2) is 0 Å². The molecule has 0 unspecified atom stereocenters. The highest BCUT2D eigenvalue weighted by molar-refractivity contribution is 7.25. The highest BCUT2D eigenvalue weighted by Crippen LogP contribution is 2.55. The molecule has 0 bridgehead atoms. The molecule has 0 amide bonds. The van der Waals surface area contributed by atoms with Gasteiger partial charge in [0.1, 0.15) is 0 Å². The van der Waals surface area contributed by atoms with E-state index in [-0.39, 0.29) is 10.8 Å². The Morgan fingerprint density at radius 1 is 0.381 bits per heavy atom. The molecule has 1 nitrogen and oxygen atoms in total. The minimum atomic E-state index is -0.261. The lowest BCUT2D eigenvalue weighted by molar-refractivity contribution is 0.590. The zero-order valence-corrected chi connectivity index (χ0v) is 37.3. The Balaban J connectivity index is 1.05. The molecule has 0 spiro atoms. The van der Waals surface area contributed by atoms with Crippen LogP contribution in [0.4, 0.5) is 17.1 Å². The average molecular weight is 828 g/mol. The van der Waals surface area contributed by atoms with Gasteiger partial charge in [0, 0.05) is 42.6 Å². The van der Waals surface area contributed by atoms with Gasteiger partial charge in [-0.25, -0.2) is 0 Å². The summed E-state index contributed by atoms with van der Waals surface area (Å²) in [5.74, 6) is 0. The summed E-state index contributed by atoms with van der Waals surface area (Å²) in [6, 6.07) is 76.6. The molecule has 0 aliphatic heterocycles. The van der Waals surface area contributed by atoms with Gasteiger partial charge >= 0.3 is 0 Å². The standard InChI is InChI=1S/C61H49NS/c1-60(2,3)47-28-24-45(25-29-47)53-36-46(41-16-10-7-11-17-41)37-55-51-34-32-50(39-56(51)61(4,5)59(53)55)62(49-33-35-58-54(38-49)52-18-12-13-19-57(52)63-58)48-30-26-44(27-31-48)43-22-20-42(21-23-43)40-14-8-6-9-15-40/h6-39H,1-5H3. The number of benzene rings is 9. The Morgan fingerprint density at radius 3 is 1.52 bits per heavy atom. The van der Waals surface area contributed by atoms with Crippen LogP contribution in [0.3, 0.4) is 0 Å². The maximum Gasteiger partial charge on any atom is 0.0468 e. The van der Waals surface area contributed by atoms with Crippen molar-refractivity contribution in [2.75, 3.05) is 4.90 Å². The first-order chi connectivity index (χ1) is 30.6. The Morgan fingerprint density at radius 2 is 0.873 bits per heavy atom. The number of nitrogens with zero attached hydrogens (tertiary/aromatic N) is 1. The van der Waals surface area contributed by atoms with Crippen LogP contribution in [0.2, 0.25) is 0 Å². The van der Waals surface area contributed by atoms with E-state index in [1.54, 1.807) is 0 Å². The first-order valence-electron chi connectivity index (χ1n) is 22.1. The molecule has 0 fully saturated rings. The molecule has 0 atom stereocenters. The third kappa shape index (κ3) is 6.87. The number of anilines is 3. The van der Waals surface area contributed by atoms with Crippen LogP contribution < -0.4 is 4.90 Å². The van der Waals surface area contributed by atoms with Crippen LogP contribution in [-0.4, -0.2) is 0 Å². The van der Waals surface area contributed by atoms with Crippen LogP contribution in [-0.2, 0) is 10.8 Å². The maximum absolute atomic E-state index is 2.47. The molecular formula is C61H49NS. The second-order valence-corrected chi connectivity index (χ2v) is 19.7. The lowest BCUT2D eigenvalue weighted by Gasteiger charge is -2.29. The maximum atomic E-state index is 2.47. The van der Waals surface area contributed by atoms with Crippen molar-refractivity contribution in [1.29, 1.82) is 0 Å². The van der Waals surface area contributed by atoms with E-state index in [2.05, 4.69) is 246 Å². The van der Waals surface area contributed by atoms with Gasteiger partial charge in [0.2, 0.25) is 0 Å². The van der Waals surface area contributed by atoms with Gasteiger partial charge in [0.25, 0.3) is 0 Å².